The number of ketones is 1. The lowest BCUT2D eigenvalue weighted by molar-refractivity contribution is -0.113. The van der Waals surface area contributed by atoms with Crippen LogP contribution < -0.4 is 9.47 Å². The first-order chi connectivity index (χ1) is 22.4. The van der Waals surface area contributed by atoms with Crippen molar-refractivity contribution >= 4 is 22.7 Å². The molecule has 0 radical (unpaired) electrons. The summed E-state index contributed by atoms with van der Waals surface area (Å²) in [6.07, 6.45) is 9.49. The van der Waals surface area contributed by atoms with Crippen LogP contribution >= 0.6 is 0 Å². The number of alkyl halides is 2. The molecule has 0 amide bonds. The molecule has 244 valence electrons. The van der Waals surface area contributed by atoms with E-state index in [0.29, 0.717) is 35.2 Å². The molecule has 0 N–H and O–H groups in total. The maximum absolute atomic E-state index is 13.1. The maximum Gasteiger partial charge on any atom is 0.387 e. The Morgan fingerprint density at radius 2 is 1.72 bits per heavy atom. The van der Waals surface area contributed by atoms with Crippen LogP contribution in [0.5, 0.6) is 11.5 Å². The van der Waals surface area contributed by atoms with E-state index < -0.39 is 17.4 Å². The summed E-state index contributed by atoms with van der Waals surface area (Å²) in [7, 11) is -1.25. The number of imidazole rings is 1. The Morgan fingerprint density at radius 3 is 2.43 bits per heavy atom. The molecule has 0 aliphatic heterocycles. The van der Waals surface area contributed by atoms with E-state index in [9.17, 15) is 17.8 Å². The average molecular weight is 651 g/mol. The molecule has 0 bridgehead atoms. The number of ether oxygens (including phenoxy) is 3. The topological polar surface area (TPSA) is 79.7 Å². The standard InChI is InChI=1S/C36H40F2N2O5S/c1-3-5-19-43-20-21-44-33-13-9-28(10-14-33)29-11-17-35(45-36(37)38)30(23-29)8-12-32(41)22-27-6-15-34(16-7-27)46(42)25-31-24-39-26-40(31)18-4-2/h6-17,23-24,26,36H,3-5,18-22,25H2,1-2H3/b12-8+/t46-/m0/s1. The molecule has 0 spiro atoms. The zero-order valence-electron chi connectivity index (χ0n) is 26.2. The Balaban J connectivity index is 1.38. The molecule has 4 rings (SSSR count). The van der Waals surface area contributed by atoms with Crippen LogP contribution in [-0.4, -0.2) is 46.0 Å². The second kappa shape index (κ2) is 18.1. The summed E-state index contributed by atoms with van der Waals surface area (Å²) >= 11 is 0. The van der Waals surface area contributed by atoms with Gasteiger partial charge in [0.15, 0.2) is 5.78 Å². The Labute approximate surface area is 271 Å². The van der Waals surface area contributed by atoms with Crippen LogP contribution in [0, 0.1) is 0 Å². The van der Waals surface area contributed by atoms with Gasteiger partial charge in [0.1, 0.15) is 18.1 Å². The number of aryl methyl sites for hydroxylation is 1. The Hall–Kier alpha value is -4.15. The predicted octanol–water partition coefficient (Wildman–Crippen LogP) is 7.89. The zero-order valence-corrected chi connectivity index (χ0v) is 27.0. The highest BCUT2D eigenvalue weighted by Crippen LogP contribution is 2.30. The van der Waals surface area contributed by atoms with E-state index in [0.717, 1.165) is 54.8 Å². The minimum absolute atomic E-state index is 0.0297. The molecule has 10 heteroatoms. The summed E-state index contributed by atoms with van der Waals surface area (Å²) < 4.78 is 57.1. The van der Waals surface area contributed by atoms with Crippen molar-refractivity contribution in [2.75, 3.05) is 19.8 Å². The van der Waals surface area contributed by atoms with Gasteiger partial charge in [-0.1, -0.05) is 50.6 Å². The highest BCUT2D eigenvalue weighted by Gasteiger charge is 2.12. The van der Waals surface area contributed by atoms with Gasteiger partial charge in [-0.25, -0.2) is 4.98 Å². The average Bonchev–Trinajstić information content (AvgIpc) is 3.49. The number of carbonyl (C=O) groups excluding carboxylic acids is 1. The maximum atomic E-state index is 13.1. The van der Waals surface area contributed by atoms with Gasteiger partial charge >= 0.3 is 6.61 Å². The van der Waals surface area contributed by atoms with E-state index >= 15 is 0 Å². The first-order valence-electron chi connectivity index (χ1n) is 15.4. The fraction of sp³-hybridized carbons (Fsp3) is 0.333. The third-order valence-electron chi connectivity index (χ3n) is 7.11. The van der Waals surface area contributed by atoms with Crippen molar-refractivity contribution in [3.8, 4) is 22.6 Å². The second-order valence-electron chi connectivity index (χ2n) is 10.7. The number of benzene rings is 3. The number of halogens is 2. The summed E-state index contributed by atoms with van der Waals surface area (Å²) in [5.74, 6) is 0.809. The number of aromatic nitrogens is 2. The summed E-state index contributed by atoms with van der Waals surface area (Å²) in [5, 5.41) is 0. The molecule has 0 unspecified atom stereocenters. The van der Waals surface area contributed by atoms with Gasteiger partial charge in [-0.15, -0.1) is 0 Å². The number of nitrogens with zero attached hydrogens (tertiary/aromatic N) is 2. The number of allylic oxidation sites excluding steroid dienone is 1. The zero-order chi connectivity index (χ0) is 32.7. The lowest BCUT2D eigenvalue weighted by atomic mass is 10.0. The van der Waals surface area contributed by atoms with Gasteiger partial charge < -0.3 is 18.8 Å². The van der Waals surface area contributed by atoms with Gasteiger partial charge in [-0.05, 0) is 78.1 Å². The predicted molar refractivity (Wildman–Crippen MR) is 177 cm³/mol. The third kappa shape index (κ3) is 10.7. The van der Waals surface area contributed by atoms with Gasteiger partial charge in [0, 0.05) is 36.2 Å². The van der Waals surface area contributed by atoms with Gasteiger partial charge in [-0.2, -0.15) is 8.78 Å². The molecule has 0 saturated heterocycles. The van der Waals surface area contributed by atoms with Crippen molar-refractivity contribution in [1.82, 2.24) is 9.55 Å². The Bertz CT molecular complexity index is 1590. The second-order valence-corrected chi connectivity index (χ2v) is 12.1. The Morgan fingerprint density at radius 1 is 0.957 bits per heavy atom. The van der Waals surface area contributed by atoms with Crippen LogP contribution in [-0.2, 0) is 39.0 Å². The lowest BCUT2D eigenvalue weighted by Gasteiger charge is -2.11. The molecule has 7 nitrogen and oxygen atoms in total. The van der Waals surface area contributed by atoms with Crippen LogP contribution in [0.4, 0.5) is 8.78 Å². The van der Waals surface area contributed by atoms with Crippen molar-refractivity contribution in [3.05, 3.63) is 102 Å². The molecule has 0 saturated carbocycles. The quantitative estimate of drug-likeness (QED) is 0.0759. The van der Waals surface area contributed by atoms with E-state index in [1.807, 2.05) is 28.8 Å². The number of hydrogen-bond donors (Lipinski definition) is 0. The van der Waals surface area contributed by atoms with Crippen molar-refractivity contribution in [2.45, 2.75) is 63.3 Å². The molecule has 1 heterocycles. The lowest BCUT2D eigenvalue weighted by Crippen LogP contribution is -2.07. The van der Waals surface area contributed by atoms with Crippen molar-refractivity contribution in [1.29, 1.82) is 0 Å². The summed E-state index contributed by atoms with van der Waals surface area (Å²) in [6.45, 7) is 3.68. The van der Waals surface area contributed by atoms with Gasteiger partial charge in [-0.3, -0.25) is 9.00 Å². The summed E-state index contributed by atoms with van der Waals surface area (Å²) in [6, 6.07) is 19.4. The molecular weight excluding hydrogens is 610 g/mol. The van der Waals surface area contributed by atoms with Crippen LogP contribution in [0.1, 0.15) is 49.9 Å². The molecule has 4 aromatic rings. The molecule has 1 aromatic heterocycles. The van der Waals surface area contributed by atoms with Crippen LogP contribution in [0.3, 0.4) is 0 Å². The largest absolute Gasteiger partial charge is 0.491 e. The van der Waals surface area contributed by atoms with E-state index in [2.05, 4.69) is 18.8 Å². The number of unbranched alkanes of at least 4 members (excludes halogenated alkanes) is 1. The molecule has 0 fully saturated rings. The highest BCUT2D eigenvalue weighted by molar-refractivity contribution is 7.84. The normalized spacial score (nSPS) is 12.1. The van der Waals surface area contributed by atoms with Gasteiger partial charge in [0.25, 0.3) is 0 Å². The number of hydrogen-bond acceptors (Lipinski definition) is 6. The summed E-state index contributed by atoms with van der Waals surface area (Å²) in [5.41, 5.74) is 3.63. The van der Waals surface area contributed by atoms with Crippen LogP contribution in [0.25, 0.3) is 17.2 Å². The Kier molecular flexibility index (Phi) is 13.7. The third-order valence-corrected chi connectivity index (χ3v) is 8.46. The minimum Gasteiger partial charge on any atom is -0.491 e. The van der Waals surface area contributed by atoms with Crippen molar-refractivity contribution < 1.29 is 32.0 Å². The van der Waals surface area contributed by atoms with E-state index in [-0.39, 0.29) is 18.0 Å². The molecule has 1 atom stereocenters. The number of carbonyl (C=O) groups is 1. The molecule has 0 aliphatic rings. The fourth-order valence-corrected chi connectivity index (χ4v) is 5.82. The van der Waals surface area contributed by atoms with Crippen molar-refractivity contribution in [3.63, 3.8) is 0 Å². The van der Waals surface area contributed by atoms with E-state index in [4.69, 9.17) is 14.2 Å². The monoisotopic (exact) mass is 650 g/mol. The number of rotatable bonds is 19. The van der Waals surface area contributed by atoms with Crippen LogP contribution in [0.15, 0.2) is 90.2 Å². The summed E-state index contributed by atoms with van der Waals surface area (Å²) in [4.78, 5) is 17.7. The molecule has 0 aliphatic carbocycles. The van der Waals surface area contributed by atoms with Crippen molar-refractivity contribution in [2.24, 2.45) is 0 Å². The smallest absolute Gasteiger partial charge is 0.387 e. The fourth-order valence-electron chi connectivity index (χ4n) is 4.70. The van der Waals surface area contributed by atoms with E-state index in [1.54, 1.807) is 48.9 Å². The van der Waals surface area contributed by atoms with E-state index in [1.165, 1.54) is 18.2 Å². The highest BCUT2D eigenvalue weighted by atomic mass is 32.2. The van der Waals surface area contributed by atoms with Gasteiger partial charge in [0.2, 0.25) is 0 Å². The molecule has 46 heavy (non-hydrogen) atoms. The first-order valence-corrected chi connectivity index (χ1v) is 16.7. The minimum atomic E-state index is -3.01. The molecule has 3 aromatic carbocycles. The SMILES string of the molecule is CCCCOCCOc1ccc(-c2ccc(OC(F)F)c(/C=C/C(=O)Cc3ccc([S@@](=O)Cc4cncn4CCC)cc3)c2)cc1. The molecular formula is C36H40F2N2O5S. The van der Waals surface area contributed by atoms with Crippen LogP contribution in [0.2, 0.25) is 0 Å². The van der Waals surface area contributed by atoms with Gasteiger partial charge in [0.05, 0.1) is 35.2 Å². The first kappa shape index (κ1) is 34.7.